The molecule has 1 atom stereocenters. The van der Waals surface area contributed by atoms with E-state index in [-0.39, 0.29) is 12.2 Å². The highest BCUT2D eigenvalue weighted by atomic mass is 16.6. The maximum atomic E-state index is 12.0. The lowest BCUT2D eigenvalue weighted by Gasteiger charge is -2.12. The van der Waals surface area contributed by atoms with Crippen LogP contribution in [0.5, 0.6) is 11.5 Å². The van der Waals surface area contributed by atoms with Crippen LogP contribution >= 0.6 is 0 Å². The molecular weight excluding hydrogens is 264 g/mol. The predicted octanol–water partition coefficient (Wildman–Crippen LogP) is 1.34. The van der Waals surface area contributed by atoms with Crippen molar-refractivity contribution in [3.05, 3.63) is 35.9 Å². The molecule has 1 aliphatic heterocycles. The van der Waals surface area contributed by atoms with Gasteiger partial charge >= 0.3 is 11.9 Å². The van der Waals surface area contributed by atoms with E-state index in [1.807, 2.05) is 0 Å². The smallest absolute Gasteiger partial charge is 0.342 e. The van der Waals surface area contributed by atoms with E-state index in [9.17, 15) is 9.59 Å². The van der Waals surface area contributed by atoms with Gasteiger partial charge in [-0.2, -0.15) is 0 Å². The van der Waals surface area contributed by atoms with Crippen LogP contribution in [0.15, 0.2) is 30.4 Å². The van der Waals surface area contributed by atoms with Crippen molar-refractivity contribution in [2.24, 2.45) is 0 Å². The Morgan fingerprint density at radius 1 is 1.30 bits per heavy atom. The molecule has 1 unspecified atom stereocenters. The Labute approximate surface area is 115 Å². The number of cyclic esters (lactones) is 1. The molecule has 106 valence electrons. The zero-order valence-electron chi connectivity index (χ0n) is 11.1. The summed E-state index contributed by atoms with van der Waals surface area (Å²) in [6.45, 7) is -0.0315. The van der Waals surface area contributed by atoms with Crippen molar-refractivity contribution in [2.75, 3.05) is 20.8 Å². The van der Waals surface area contributed by atoms with Crippen LogP contribution in [0.1, 0.15) is 10.4 Å². The summed E-state index contributed by atoms with van der Waals surface area (Å²) >= 11 is 0. The molecule has 1 heterocycles. The van der Waals surface area contributed by atoms with Gasteiger partial charge in [0.05, 0.1) is 14.2 Å². The molecular formula is C14H14O6. The number of benzene rings is 1. The van der Waals surface area contributed by atoms with Crippen molar-refractivity contribution >= 4 is 11.9 Å². The van der Waals surface area contributed by atoms with Crippen LogP contribution in [0.25, 0.3) is 0 Å². The monoisotopic (exact) mass is 278 g/mol. The Bertz CT molecular complexity index is 549. The first-order valence-corrected chi connectivity index (χ1v) is 5.92. The van der Waals surface area contributed by atoms with Crippen LogP contribution in [0, 0.1) is 0 Å². The van der Waals surface area contributed by atoms with Crippen molar-refractivity contribution in [1.82, 2.24) is 0 Å². The van der Waals surface area contributed by atoms with Crippen LogP contribution in [-0.2, 0) is 14.3 Å². The molecule has 1 aromatic rings. The van der Waals surface area contributed by atoms with Gasteiger partial charge in [-0.15, -0.1) is 0 Å². The van der Waals surface area contributed by atoms with Gasteiger partial charge in [0, 0.05) is 12.1 Å². The number of carbonyl (C=O) groups excluding carboxylic acids is 2. The molecule has 0 bridgehead atoms. The van der Waals surface area contributed by atoms with Gasteiger partial charge in [-0.1, -0.05) is 0 Å². The first kappa shape index (κ1) is 13.9. The second kappa shape index (κ2) is 6.10. The maximum absolute atomic E-state index is 12.0. The molecule has 0 saturated heterocycles. The maximum Gasteiger partial charge on any atom is 0.342 e. The summed E-state index contributed by atoms with van der Waals surface area (Å²) in [5.41, 5.74) is 0.279. The van der Waals surface area contributed by atoms with Crippen molar-refractivity contribution < 1.29 is 28.5 Å². The minimum Gasteiger partial charge on any atom is -0.497 e. The zero-order chi connectivity index (χ0) is 14.5. The number of ether oxygens (including phenoxy) is 4. The molecule has 0 aromatic heterocycles. The van der Waals surface area contributed by atoms with Crippen molar-refractivity contribution in [3.8, 4) is 11.5 Å². The van der Waals surface area contributed by atoms with Gasteiger partial charge in [-0.3, -0.25) is 0 Å². The first-order chi connectivity index (χ1) is 9.63. The van der Waals surface area contributed by atoms with Gasteiger partial charge in [0.25, 0.3) is 0 Å². The van der Waals surface area contributed by atoms with Gasteiger partial charge in [0.2, 0.25) is 0 Å². The van der Waals surface area contributed by atoms with Gasteiger partial charge in [-0.05, 0) is 18.2 Å². The van der Waals surface area contributed by atoms with E-state index in [4.69, 9.17) is 18.9 Å². The summed E-state index contributed by atoms with van der Waals surface area (Å²) in [4.78, 5) is 22.8. The lowest BCUT2D eigenvalue weighted by molar-refractivity contribution is -0.140. The van der Waals surface area contributed by atoms with Crippen LogP contribution in [-0.4, -0.2) is 38.9 Å². The molecule has 0 saturated carbocycles. The van der Waals surface area contributed by atoms with Gasteiger partial charge in [0.1, 0.15) is 23.7 Å². The molecule has 2 rings (SSSR count). The molecule has 0 N–H and O–H groups in total. The fourth-order valence-corrected chi connectivity index (χ4v) is 1.71. The van der Waals surface area contributed by atoms with E-state index >= 15 is 0 Å². The minimum absolute atomic E-state index is 0.0315. The van der Waals surface area contributed by atoms with Gasteiger partial charge in [-0.25, -0.2) is 9.59 Å². The normalized spacial score (nSPS) is 16.7. The van der Waals surface area contributed by atoms with Gasteiger partial charge < -0.3 is 18.9 Å². The highest BCUT2D eigenvalue weighted by Gasteiger charge is 2.20. The predicted molar refractivity (Wildman–Crippen MR) is 68.8 cm³/mol. The fraction of sp³-hybridized carbons (Fsp3) is 0.286. The lowest BCUT2D eigenvalue weighted by Crippen LogP contribution is -2.19. The van der Waals surface area contributed by atoms with E-state index in [1.54, 1.807) is 24.3 Å². The topological polar surface area (TPSA) is 71.1 Å². The molecule has 0 fully saturated rings. The number of rotatable bonds is 5. The van der Waals surface area contributed by atoms with Crippen LogP contribution in [0.4, 0.5) is 0 Å². The average Bonchev–Trinajstić information content (AvgIpc) is 2.89. The summed E-state index contributed by atoms with van der Waals surface area (Å²) in [6, 6.07) is 4.77. The molecule has 0 radical (unpaired) electrons. The van der Waals surface area contributed by atoms with E-state index in [1.165, 1.54) is 20.3 Å². The van der Waals surface area contributed by atoms with Crippen LogP contribution in [0.2, 0.25) is 0 Å². The van der Waals surface area contributed by atoms with E-state index in [0.717, 1.165) is 0 Å². The molecule has 1 aromatic carbocycles. The SMILES string of the molecule is COc1ccc(C(=O)OCC2C=CC(=O)O2)c(OC)c1. The fourth-order valence-electron chi connectivity index (χ4n) is 1.71. The minimum atomic E-state index is -0.555. The van der Waals surface area contributed by atoms with Gasteiger partial charge in [0.15, 0.2) is 6.10 Å². The third kappa shape index (κ3) is 3.09. The molecule has 0 aliphatic carbocycles. The van der Waals surface area contributed by atoms with E-state index in [2.05, 4.69) is 0 Å². The van der Waals surface area contributed by atoms with Crippen molar-refractivity contribution in [3.63, 3.8) is 0 Å². The molecule has 0 spiro atoms. The summed E-state index contributed by atoms with van der Waals surface area (Å²) in [6.07, 6.45) is 2.31. The number of hydrogen-bond donors (Lipinski definition) is 0. The number of methoxy groups -OCH3 is 2. The Morgan fingerprint density at radius 2 is 2.10 bits per heavy atom. The Morgan fingerprint density at radius 3 is 2.70 bits per heavy atom. The second-order valence-electron chi connectivity index (χ2n) is 4.00. The van der Waals surface area contributed by atoms with Crippen molar-refractivity contribution in [2.45, 2.75) is 6.10 Å². The Kier molecular flexibility index (Phi) is 4.24. The molecule has 0 amide bonds. The Balaban J connectivity index is 2.01. The average molecular weight is 278 g/mol. The largest absolute Gasteiger partial charge is 0.497 e. The third-order valence-electron chi connectivity index (χ3n) is 2.72. The molecule has 6 nitrogen and oxygen atoms in total. The summed E-state index contributed by atoms with van der Waals surface area (Å²) in [7, 11) is 2.97. The van der Waals surface area contributed by atoms with E-state index < -0.39 is 18.0 Å². The third-order valence-corrected chi connectivity index (χ3v) is 2.72. The Hall–Kier alpha value is -2.50. The highest BCUT2D eigenvalue weighted by molar-refractivity contribution is 5.93. The number of carbonyl (C=O) groups is 2. The summed E-state index contributed by atoms with van der Waals surface area (Å²) in [5.74, 6) is -0.0618. The number of esters is 2. The van der Waals surface area contributed by atoms with Crippen LogP contribution in [0.3, 0.4) is 0 Å². The van der Waals surface area contributed by atoms with E-state index in [0.29, 0.717) is 11.5 Å². The van der Waals surface area contributed by atoms with Crippen LogP contribution < -0.4 is 9.47 Å². The molecule has 20 heavy (non-hydrogen) atoms. The summed E-state index contributed by atoms with van der Waals surface area (Å²) in [5, 5.41) is 0. The second-order valence-corrected chi connectivity index (χ2v) is 4.00. The lowest BCUT2D eigenvalue weighted by atomic mass is 10.2. The summed E-state index contributed by atoms with van der Waals surface area (Å²) < 4.78 is 20.1. The highest BCUT2D eigenvalue weighted by Crippen LogP contribution is 2.25. The zero-order valence-corrected chi connectivity index (χ0v) is 11.1. The number of hydrogen-bond acceptors (Lipinski definition) is 6. The first-order valence-electron chi connectivity index (χ1n) is 5.92. The molecule has 6 heteroatoms. The molecule has 1 aliphatic rings. The quantitative estimate of drug-likeness (QED) is 0.757. The standard InChI is InChI=1S/C14H14O6/c1-17-9-3-5-11(12(7-9)18-2)14(16)19-8-10-4-6-13(15)20-10/h3-7,10H,8H2,1-2H3. The van der Waals surface area contributed by atoms with Crippen molar-refractivity contribution in [1.29, 1.82) is 0 Å².